The van der Waals surface area contributed by atoms with E-state index in [9.17, 15) is 4.79 Å². The van der Waals surface area contributed by atoms with Gasteiger partial charge in [-0.1, -0.05) is 25.5 Å². The topological polar surface area (TPSA) is 52.6 Å². The Kier molecular flexibility index (Phi) is 4.48. The Morgan fingerprint density at radius 2 is 1.81 bits per heavy atom. The highest BCUT2D eigenvalue weighted by molar-refractivity contribution is 6.04. The molecule has 138 valence electrons. The van der Waals surface area contributed by atoms with Crippen LogP contribution in [0.25, 0.3) is 33.1 Å². The van der Waals surface area contributed by atoms with Crippen molar-refractivity contribution in [2.75, 3.05) is 7.11 Å². The minimum Gasteiger partial charge on any atom is -0.497 e. The van der Waals surface area contributed by atoms with Crippen molar-refractivity contribution in [3.63, 3.8) is 0 Å². The van der Waals surface area contributed by atoms with Crippen molar-refractivity contribution in [3.8, 4) is 16.9 Å². The molecular formula is C23H22O4. The molecule has 0 bridgehead atoms. The molecule has 0 fully saturated rings. The number of ether oxygens (including phenoxy) is 1. The molecule has 2 heterocycles. The van der Waals surface area contributed by atoms with Gasteiger partial charge < -0.3 is 13.6 Å². The van der Waals surface area contributed by atoms with Crippen LogP contribution < -0.4 is 10.4 Å². The zero-order valence-electron chi connectivity index (χ0n) is 15.8. The fraction of sp³-hybridized carbons (Fsp3) is 0.261. The molecule has 0 aliphatic rings. The molecule has 4 rings (SSSR count). The predicted molar refractivity (Wildman–Crippen MR) is 108 cm³/mol. The van der Waals surface area contributed by atoms with E-state index in [4.69, 9.17) is 13.6 Å². The maximum Gasteiger partial charge on any atom is 0.336 e. The number of aryl methyl sites for hydroxylation is 2. The lowest BCUT2D eigenvalue weighted by Crippen LogP contribution is -2.02. The molecule has 0 aliphatic carbocycles. The van der Waals surface area contributed by atoms with Crippen LogP contribution in [-0.2, 0) is 6.42 Å². The van der Waals surface area contributed by atoms with E-state index in [-0.39, 0.29) is 5.63 Å². The van der Waals surface area contributed by atoms with Crippen LogP contribution in [-0.4, -0.2) is 7.11 Å². The van der Waals surface area contributed by atoms with Crippen LogP contribution in [0.3, 0.4) is 0 Å². The van der Waals surface area contributed by atoms with E-state index in [0.717, 1.165) is 63.6 Å². The third-order valence-corrected chi connectivity index (χ3v) is 5.09. The molecule has 0 saturated heterocycles. The van der Waals surface area contributed by atoms with Gasteiger partial charge in [0, 0.05) is 28.0 Å². The lowest BCUT2D eigenvalue weighted by molar-refractivity contribution is 0.415. The summed E-state index contributed by atoms with van der Waals surface area (Å²) in [5.41, 5.74) is 5.04. The number of benzene rings is 2. The maximum absolute atomic E-state index is 12.0. The van der Waals surface area contributed by atoms with Crippen LogP contribution in [0.2, 0.25) is 0 Å². The molecule has 0 N–H and O–H groups in total. The van der Waals surface area contributed by atoms with Crippen LogP contribution in [0.1, 0.15) is 30.9 Å². The number of methoxy groups -OCH3 is 1. The van der Waals surface area contributed by atoms with E-state index in [1.165, 1.54) is 0 Å². The van der Waals surface area contributed by atoms with Gasteiger partial charge in [-0.3, -0.25) is 0 Å². The fourth-order valence-corrected chi connectivity index (χ4v) is 3.60. The Morgan fingerprint density at radius 3 is 2.52 bits per heavy atom. The van der Waals surface area contributed by atoms with Gasteiger partial charge in [-0.25, -0.2) is 4.79 Å². The largest absolute Gasteiger partial charge is 0.497 e. The normalized spacial score (nSPS) is 11.4. The molecular weight excluding hydrogens is 340 g/mol. The summed E-state index contributed by atoms with van der Waals surface area (Å²) in [5.74, 6) is 0.816. The lowest BCUT2D eigenvalue weighted by Gasteiger charge is -2.08. The molecule has 0 radical (unpaired) electrons. The van der Waals surface area contributed by atoms with Crippen molar-refractivity contribution >= 4 is 21.9 Å². The third kappa shape index (κ3) is 3.01. The van der Waals surface area contributed by atoms with E-state index in [1.807, 2.05) is 31.2 Å². The van der Waals surface area contributed by atoms with Gasteiger partial charge in [-0.2, -0.15) is 0 Å². The molecule has 27 heavy (non-hydrogen) atoms. The van der Waals surface area contributed by atoms with Crippen molar-refractivity contribution in [1.82, 2.24) is 0 Å². The first-order chi connectivity index (χ1) is 13.1. The van der Waals surface area contributed by atoms with Gasteiger partial charge in [-0.05, 0) is 49.1 Å². The summed E-state index contributed by atoms with van der Waals surface area (Å²) in [6, 6.07) is 11.6. The zero-order valence-corrected chi connectivity index (χ0v) is 15.8. The average molecular weight is 362 g/mol. The van der Waals surface area contributed by atoms with Crippen molar-refractivity contribution < 1.29 is 13.6 Å². The minimum atomic E-state index is -0.307. The molecule has 0 unspecified atom stereocenters. The number of hydrogen-bond acceptors (Lipinski definition) is 4. The number of fused-ring (bicyclic) bond motifs is 2. The molecule has 0 atom stereocenters. The van der Waals surface area contributed by atoms with E-state index in [0.29, 0.717) is 5.58 Å². The second-order valence-corrected chi connectivity index (χ2v) is 6.83. The zero-order chi connectivity index (χ0) is 19.0. The molecule has 0 amide bonds. The van der Waals surface area contributed by atoms with Crippen LogP contribution in [0.4, 0.5) is 0 Å². The highest BCUT2D eigenvalue weighted by Crippen LogP contribution is 2.37. The second kappa shape index (κ2) is 6.95. The van der Waals surface area contributed by atoms with Gasteiger partial charge in [0.1, 0.15) is 16.9 Å². The molecule has 4 nitrogen and oxygen atoms in total. The number of rotatable bonds is 5. The Hall–Kier alpha value is -3.01. The van der Waals surface area contributed by atoms with Gasteiger partial charge >= 0.3 is 5.63 Å². The lowest BCUT2D eigenvalue weighted by atomic mass is 9.97. The van der Waals surface area contributed by atoms with Crippen molar-refractivity contribution in [1.29, 1.82) is 0 Å². The molecule has 2 aromatic heterocycles. The number of unbranched alkanes of at least 4 members (excludes halogenated alkanes) is 1. The van der Waals surface area contributed by atoms with E-state index in [2.05, 4.69) is 13.0 Å². The monoisotopic (exact) mass is 362 g/mol. The highest BCUT2D eigenvalue weighted by atomic mass is 16.5. The summed E-state index contributed by atoms with van der Waals surface area (Å²) in [6.45, 7) is 4.09. The maximum atomic E-state index is 12.0. The number of hydrogen-bond donors (Lipinski definition) is 0. The Bertz CT molecular complexity index is 1160. The minimum absolute atomic E-state index is 0.307. The molecule has 4 heteroatoms. The van der Waals surface area contributed by atoms with Crippen molar-refractivity contribution in [2.24, 2.45) is 0 Å². The Labute approximate surface area is 157 Å². The standard InChI is InChI=1S/C23H22O4/c1-4-5-6-16-11-21(24)27-23-14(2)22-19(12-18(16)23)20(13-26-22)15-7-9-17(25-3)10-8-15/h7-13H,4-6H2,1-3H3. The van der Waals surface area contributed by atoms with E-state index < -0.39 is 0 Å². The van der Waals surface area contributed by atoms with Gasteiger partial charge in [0.2, 0.25) is 0 Å². The van der Waals surface area contributed by atoms with Crippen molar-refractivity contribution in [2.45, 2.75) is 33.1 Å². The summed E-state index contributed by atoms with van der Waals surface area (Å²) in [4.78, 5) is 12.0. The van der Waals surface area contributed by atoms with Crippen LogP contribution >= 0.6 is 0 Å². The summed E-state index contributed by atoms with van der Waals surface area (Å²) >= 11 is 0. The first-order valence-corrected chi connectivity index (χ1v) is 9.24. The van der Waals surface area contributed by atoms with Gasteiger partial charge in [0.15, 0.2) is 0 Å². The smallest absolute Gasteiger partial charge is 0.336 e. The SMILES string of the molecule is CCCCc1cc(=O)oc2c(C)c3occ(-c4ccc(OC)cc4)c3cc12. The molecule has 4 aromatic rings. The predicted octanol–water partition coefficient (Wildman–Crippen LogP) is 5.87. The summed E-state index contributed by atoms with van der Waals surface area (Å²) in [6.07, 6.45) is 4.74. The van der Waals surface area contributed by atoms with E-state index in [1.54, 1.807) is 19.4 Å². The molecule has 0 saturated carbocycles. The van der Waals surface area contributed by atoms with Gasteiger partial charge in [-0.15, -0.1) is 0 Å². The highest BCUT2D eigenvalue weighted by Gasteiger charge is 2.17. The van der Waals surface area contributed by atoms with Gasteiger partial charge in [0.25, 0.3) is 0 Å². The van der Waals surface area contributed by atoms with Crippen LogP contribution in [0.5, 0.6) is 5.75 Å². The number of furan rings is 1. The molecule has 0 spiro atoms. The van der Waals surface area contributed by atoms with Crippen LogP contribution in [0.15, 0.2) is 56.3 Å². The quantitative estimate of drug-likeness (QED) is 0.417. The molecule has 2 aromatic carbocycles. The second-order valence-electron chi connectivity index (χ2n) is 6.83. The Morgan fingerprint density at radius 1 is 1.04 bits per heavy atom. The third-order valence-electron chi connectivity index (χ3n) is 5.09. The summed E-state index contributed by atoms with van der Waals surface area (Å²) in [7, 11) is 1.66. The van der Waals surface area contributed by atoms with Crippen molar-refractivity contribution in [3.05, 3.63) is 64.2 Å². The summed E-state index contributed by atoms with van der Waals surface area (Å²) in [5, 5.41) is 2.01. The average Bonchev–Trinajstić information content (AvgIpc) is 3.11. The van der Waals surface area contributed by atoms with Crippen LogP contribution in [0, 0.1) is 6.92 Å². The first-order valence-electron chi connectivity index (χ1n) is 9.24. The first kappa shape index (κ1) is 17.4. The summed E-state index contributed by atoms with van der Waals surface area (Å²) < 4.78 is 16.7. The molecule has 0 aliphatic heterocycles. The Balaban J connectivity index is 1.97. The van der Waals surface area contributed by atoms with E-state index >= 15 is 0 Å². The van der Waals surface area contributed by atoms with Gasteiger partial charge in [0.05, 0.1) is 13.4 Å². The fourth-order valence-electron chi connectivity index (χ4n) is 3.60.